The van der Waals surface area contributed by atoms with E-state index in [1.165, 1.54) is 4.68 Å². The number of aryl methyl sites for hydroxylation is 1. The average molecular weight is 428 g/mol. The number of hydrogen-bond acceptors (Lipinski definition) is 4. The number of carbonyl (C=O) groups is 1. The third-order valence-corrected chi connectivity index (χ3v) is 5.80. The smallest absolute Gasteiger partial charge is 0.282 e. The Hall–Kier alpha value is -3.71. The van der Waals surface area contributed by atoms with Crippen LogP contribution in [0.1, 0.15) is 28.8 Å². The van der Waals surface area contributed by atoms with E-state index < -0.39 is 0 Å². The second-order valence-corrected chi connectivity index (χ2v) is 8.09. The van der Waals surface area contributed by atoms with Crippen LogP contribution in [0.3, 0.4) is 0 Å². The molecule has 1 atom stereocenters. The summed E-state index contributed by atoms with van der Waals surface area (Å²) in [6, 6.07) is 16.8. The standard InChI is InChI=1S/C25H24N4O3/c1-17-8-5-6-12-22(17)26-24(30)20-15-28(14-19-11-7-13-32-19)16-21-23(20)27-29(25(21)31)18-9-3-2-4-10-18/h2-6,8-10,12,15-16,19H,7,11,13-14H2,1H3,(H,26,30)/t19-/m0/s1. The maximum atomic E-state index is 13.3. The predicted octanol–water partition coefficient (Wildman–Crippen LogP) is 3.88. The number of benzene rings is 2. The van der Waals surface area contributed by atoms with Crippen LogP contribution in [-0.2, 0) is 11.3 Å². The van der Waals surface area contributed by atoms with E-state index >= 15 is 0 Å². The van der Waals surface area contributed by atoms with Gasteiger partial charge in [-0.25, -0.2) is 0 Å². The molecule has 0 radical (unpaired) electrons. The molecule has 3 aliphatic rings. The molecule has 0 aromatic heterocycles. The van der Waals surface area contributed by atoms with E-state index in [2.05, 4.69) is 10.4 Å². The summed E-state index contributed by atoms with van der Waals surface area (Å²) in [5.74, 6) is -0.302. The molecule has 0 bridgehead atoms. The number of pyridine rings is 1. The van der Waals surface area contributed by atoms with E-state index in [0.29, 0.717) is 29.1 Å². The SMILES string of the molecule is Cc1ccccc1NC(=O)c1cn(C[C@@H]2CCCO2)cc2c(=O)n(-c3ccccc3)nc1-2. The van der Waals surface area contributed by atoms with Crippen LogP contribution in [0.25, 0.3) is 16.9 Å². The van der Waals surface area contributed by atoms with Crippen LogP contribution in [0.15, 0.2) is 71.8 Å². The van der Waals surface area contributed by atoms with Crippen LogP contribution in [0.2, 0.25) is 0 Å². The van der Waals surface area contributed by atoms with E-state index in [0.717, 1.165) is 30.7 Å². The molecule has 2 aromatic carbocycles. The molecule has 1 saturated heterocycles. The van der Waals surface area contributed by atoms with Crippen LogP contribution in [0.5, 0.6) is 0 Å². The number of fused-ring (bicyclic) bond motifs is 1. The van der Waals surface area contributed by atoms with Gasteiger partial charge in [0.15, 0.2) is 0 Å². The van der Waals surface area contributed by atoms with Crippen molar-refractivity contribution >= 4 is 11.6 Å². The van der Waals surface area contributed by atoms with Crippen molar-refractivity contribution in [2.24, 2.45) is 0 Å². The van der Waals surface area contributed by atoms with Crippen molar-refractivity contribution in [3.63, 3.8) is 0 Å². The maximum absolute atomic E-state index is 13.3. The van der Waals surface area contributed by atoms with Crippen molar-refractivity contribution in [3.8, 4) is 16.9 Å². The first-order valence-corrected chi connectivity index (χ1v) is 10.8. The van der Waals surface area contributed by atoms with Crippen LogP contribution in [-0.4, -0.2) is 33.0 Å². The lowest BCUT2D eigenvalue weighted by atomic mass is 10.1. The fraction of sp³-hybridized carbons (Fsp3) is 0.240. The number of ether oxygens (including phenoxy) is 1. The lowest BCUT2D eigenvalue weighted by Crippen LogP contribution is -2.21. The van der Waals surface area contributed by atoms with Gasteiger partial charge in [0.05, 0.1) is 22.9 Å². The van der Waals surface area contributed by atoms with Gasteiger partial charge in [-0.3, -0.25) is 9.59 Å². The highest BCUT2D eigenvalue weighted by molar-refractivity contribution is 6.08. The van der Waals surface area contributed by atoms with Gasteiger partial charge in [-0.15, -0.1) is 0 Å². The van der Waals surface area contributed by atoms with Crippen LogP contribution in [0, 0.1) is 6.92 Å². The molecule has 7 heteroatoms. The first kappa shape index (κ1) is 20.2. The zero-order chi connectivity index (χ0) is 22.1. The topological polar surface area (TPSA) is 78.2 Å². The van der Waals surface area contributed by atoms with Gasteiger partial charge in [0.2, 0.25) is 0 Å². The van der Waals surface area contributed by atoms with Gasteiger partial charge in [0, 0.05) is 31.2 Å². The van der Waals surface area contributed by atoms with Crippen molar-refractivity contribution in [2.75, 3.05) is 11.9 Å². The van der Waals surface area contributed by atoms with Gasteiger partial charge in [-0.1, -0.05) is 36.4 Å². The summed E-state index contributed by atoms with van der Waals surface area (Å²) < 4.78 is 9.00. The van der Waals surface area contributed by atoms with E-state index in [9.17, 15) is 9.59 Å². The molecular weight excluding hydrogens is 404 g/mol. The number of anilines is 1. The lowest BCUT2D eigenvalue weighted by molar-refractivity contribution is 0.0961. The Morgan fingerprint density at radius 2 is 1.91 bits per heavy atom. The largest absolute Gasteiger partial charge is 0.376 e. The normalized spacial score (nSPS) is 15.8. The molecule has 0 saturated carbocycles. The van der Waals surface area contributed by atoms with Crippen molar-refractivity contribution in [2.45, 2.75) is 32.4 Å². The van der Waals surface area contributed by atoms with Crippen molar-refractivity contribution in [1.29, 1.82) is 0 Å². The summed E-state index contributed by atoms with van der Waals surface area (Å²) in [7, 11) is 0. The van der Waals surface area contributed by atoms with Crippen LogP contribution in [0.4, 0.5) is 5.69 Å². The maximum Gasteiger partial charge on any atom is 0.282 e. The fourth-order valence-corrected chi connectivity index (χ4v) is 4.10. The Kier molecular flexibility index (Phi) is 5.33. The molecular formula is C25H24N4O3. The van der Waals surface area contributed by atoms with E-state index in [1.54, 1.807) is 12.4 Å². The Balaban J connectivity index is 1.61. The minimum Gasteiger partial charge on any atom is -0.376 e. The Bertz CT molecular complexity index is 1290. The highest BCUT2D eigenvalue weighted by Gasteiger charge is 2.26. The van der Waals surface area contributed by atoms with Gasteiger partial charge in [0.1, 0.15) is 5.69 Å². The highest BCUT2D eigenvalue weighted by Crippen LogP contribution is 2.25. The third-order valence-electron chi connectivity index (χ3n) is 5.80. The Morgan fingerprint density at radius 1 is 1.12 bits per heavy atom. The number of carbonyl (C=O) groups excluding carboxylic acids is 1. The van der Waals surface area contributed by atoms with Crippen LogP contribution < -0.4 is 10.9 Å². The Morgan fingerprint density at radius 3 is 2.66 bits per heavy atom. The molecule has 3 aliphatic heterocycles. The summed E-state index contributed by atoms with van der Waals surface area (Å²) in [6.45, 7) is 3.26. The molecule has 5 rings (SSSR count). The minimum atomic E-state index is -0.302. The summed E-state index contributed by atoms with van der Waals surface area (Å²) in [5.41, 5.74) is 3.24. The summed E-state index contributed by atoms with van der Waals surface area (Å²) >= 11 is 0. The number of aromatic nitrogens is 3. The van der Waals surface area contributed by atoms with Gasteiger partial charge >= 0.3 is 0 Å². The van der Waals surface area contributed by atoms with Crippen molar-refractivity contribution in [1.82, 2.24) is 14.3 Å². The molecule has 1 amide bonds. The number of amides is 1. The molecule has 0 unspecified atom stereocenters. The Labute approximate surface area is 185 Å². The summed E-state index contributed by atoms with van der Waals surface area (Å²) in [5, 5.41) is 7.51. The fourth-order valence-electron chi connectivity index (χ4n) is 4.10. The zero-order valence-corrected chi connectivity index (χ0v) is 17.8. The number of hydrogen-bond donors (Lipinski definition) is 1. The zero-order valence-electron chi connectivity index (χ0n) is 17.8. The monoisotopic (exact) mass is 428 g/mol. The van der Waals surface area contributed by atoms with Crippen molar-refractivity contribution in [3.05, 3.63) is 88.5 Å². The number of para-hydroxylation sites is 2. The lowest BCUT2D eigenvalue weighted by Gasteiger charge is -2.16. The first-order valence-electron chi connectivity index (χ1n) is 10.8. The van der Waals surface area contributed by atoms with E-state index in [-0.39, 0.29) is 17.6 Å². The molecule has 1 fully saturated rings. The van der Waals surface area contributed by atoms with Gasteiger partial charge < -0.3 is 14.6 Å². The molecule has 162 valence electrons. The van der Waals surface area contributed by atoms with Gasteiger partial charge in [0.25, 0.3) is 11.5 Å². The quantitative estimate of drug-likeness (QED) is 0.523. The predicted molar refractivity (Wildman–Crippen MR) is 123 cm³/mol. The highest BCUT2D eigenvalue weighted by atomic mass is 16.5. The third kappa shape index (κ3) is 3.83. The van der Waals surface area contributed by atoms with E-state index in [1.807, 2.05) is 66.1 Å². The van der Waals surface area contributed by atoms with Crippen LogP contribution >= 0.6 is 0 Å². The molecule has 3 heterocycles. The number of rotatable bonds is 5. The van der Waals surface area contributed by atoms with Gasteiger partial charge in [-0.05, 0) is 43.5 Å². The number of nitrogens with zero attached hydrogens (tertiary/aromatic N) is 3. The second-order valence-electron chi connectivity index (χ2n) is 8.09. The molecule has 0 aliphatic carbocycles. The summed E-state index contributed by atoms with van der Waals surface area (Å²) in [4.78, 5) is 26.5. The number of nitrogens with one attached hydrogen (secondary N) is 1. The van der Waals surface area contributed by atoms with Gasteiger partial charge in [-0.2, -0.15) is 9.78 Å². The van der Waals surface area contributed by atoms with Crippen molar-refractivity contribution < 1.29 is 9.53 Å². The van der Waals surface area contributed by atoms with E-state index in [4.69, 9.17) is 4.74 Å². The molecule has 2 aromatic rings. The summed E-state index contributed by atoms with van der Waals surface area (Å²) in [6.07, 6.45) is 5.59. The average Bonchev–Trinajstić information content (AvgIpc) is 3.43. The second kappa shape index (κ2) is 8.43. The molecule has 7 nitrogen and oxygen atoms in total. The minimum absolute atomic E-state index is 0.0731. The molecule has 1 N–H and O–H groups in total. The first-order chi connectivity index (χ1) is 15.6. The molecule has 0 spiro atoms. The molecule has 32 heavy (non-hydrogen) atoms.